The molecule has 1 aliphatic rings. The van der Waals surface area contributed by atoms with Crippen LogP contribution in [0.1, 0.15) is 30.4 Å². The maximum Gasteiger partial charge on any atom is 0.349 e. The van der Waals surface area contributed by atoms with Gasteiger partial charge in [-0.2, -0.15) is 5.26 Å². The Morgan fingerprint density at radius 1 is 1.06 bits per heavy atom. The predicted molar refractivity (Wildman–Crippen MR) is 131 cm³/mol. The van der Waals surface area contributed by atoms with E-state index >= 15 is 0 Å². The average Bonchev–Trinajstić information content (AvgIpc) is 2.86. The number of allylic oxidation sites excluding steroid dienone is 1. The van der Waals surface area contributed by atoms with Crippen molar-refractivity contribution in [3.8, 4) is 29.1 Å². The summed E-state index contributed by atoms with van der Waals surface area (Å²) in [5.74, 6) is 0.849. The number of nitrogens with zero attached hydrogens (tertiary/aromatic N) is 1. The van der Waals surface area contributed by atoms with Crippen LogP contribution in [-0.2, 0) is 4.79 Å². The number of nitriles is 1. The molecule has 8 heteroatoms. The predicted octanol–water partition coefficient (Wildman–Crippen LogP) is 5.33. The van der Waals surface area contributed by atoms with Crippen LogP contribution in [0.3, 0.4) is 0 Å². The quantitative estimate of drug-likeness (QED) is 0.336. The van der Waals surface area contributed by atoms with Crippen molar-refractivity contribution >= 4 is 17.6 Å². The molecule has 0 saturated carbocycles. The Balaban J connectivity index is 1.52. The third-order valence-corrected chi connectivity index (χ3v) is 5.50. The zero-order valence-electron chi connectivity index (χ0n) is 19.0. The van der Waals surface area contributed by atoms with E-state index in [-0.39, 0.29) is 18.2 Å². The fourth-order valence-corrected chi connectivity index (χ4v) is 3.86. The summed E-state index contributed by atoms with van der Waals surface area (Å²) in [5.41, 5.74) is 7.97. The maximum atomic E-state index is 12.3. The Kier molecular flexibility index (Phi) is 7.44. The molecule has 0 amide bonds. The van der Waals surface area contributed by atoms with E-state index in [0.717, 1.165) is 23.3 Å². The molecule has 0 aromatic heterocycles. The molecule has 1 atom stereocenters. The van der Waals surface area contributed by atoms with Gasteiger partial charge in [-0.15, -0.1) is 0 Å². The fraction of sp³-hybridized carbons (Fsp3) is 0.185. The second-order valence-electron chi connectivity index (χ2n) is 7.76. The number of hydrogen-bond donors (Lipinski definition) is 1. The molecule has 35 heavy (non-hydrogen) atoms. The van der Waals surface area contributed by atoms with Gasteiger partial charge in [0.05, 0.1) is 12.5 Å². The second kappa shape index (κ2) is 10.9. The van der Waals surface area contributed by atoms with Gasteiger partial charge in [0.15, 0.2) is 6.61 Å². The summed E-state index contributed by atoms with van der Waals surface area (Å²) < 4.78 is 22.2. The molecule has 0 bridgehead atoms. The summed E-state index contributed by atoms with van der Waals surface area (Å²) in [6.45, 7) is 2.37. The molecule has 0 fully saturated rings. The molecule has 0 aliphatic carbocycles. The minimum atomic E-state index is -0.596. The van der Waals surface area contributed by atoms with Gasteiger partial charge < -0.3 is 24.7 Å². The third kappa shape index (κ3) is 5.68. The molecule has 1 unspecified atom stereocenters. The molecular formula is C27H23ClN2O5. The number of carbonyl (C=O) groups is 1. The number of ether oxygens (including phenoxy) is 4. The Labute approximate surface area is 208 Å². The lowest BCUT2D eigenvalue weighted by Crippen LogP contribution is -2.21. The van der Waals surface area contributed by atoms with E-state index in [2.05, 4.69) is 6.07 Å². The lowest BCUT2D eigenvalue weighted by atomic mass is 9.83. The van der Waals surface area contributed by atoms with E-state index in [1.54, 1.807) is 42.5 Å². The van der Waals surface area contributed by atoms with Crippen LogP contribution in [0.2, 0.25) is 5.02 Å². The van der Waals surface area contributed by atoms with Gasteiger partial charge in [0.1, 0.15) is 34.6 Å². The van der Waals surface area contributed by atoms with E-state index in [4.69, 9.17) is 36.3 Å². The van der Waals surface area contributed by atoms with E-state index < -0.39 is 11.9 Å². The molecule has 1 heterocycles. The summed E-state index contributed by atoms with van der Waals surface area (Å²) in [5, 5.41) is 10.3. The first-order chi connectivity index (χ1) is 17.0. The van der Waals surface area contributed by atoms with Crippen molar-refractivity contribution in [2.45, 2.75) is 19.3 Å². The molecule has 0 spiro atoms. The van der Waals surface area contributed by atoms with Gasteiger partial charge in [-0.1, -0.05) is 42.8 Å². The first kappa shape index (κ1) is 24.0. The summed E-state index contributed by atoms with van der Waals surface area (Å²) >= 11 is 5.92. The summed E-state index contributed by atoms with van der Waals surface area (Å²) in [6, 6.07) is 21.4. The maximum absolute atomic E-state index is 12.3. The van der Waals surface area contributed by atoms with Gasteiger partial charge in [-0.25, -0.2) is 4.79 Å². The Hall–Kier alpha value is -4.15. The SMILES string of the molecule is CCCOc1ccc(C2C(C#N)=C(N)Oc3cc(OC(=O)COc4cccc(Cl)c4)ccc32)cc1. The van der Waals surface area contributed by atoms with Crippen LogP contribution in [0, 0.1) is 11.3 Å². The Morgan fingerprint density at radius 2 is 1.83 bits per heavy atom. The molecule has 3 aromatic rings. The summed E-state index contributed by atoms with van der Waals surface area (Å²) in [6.07, 6.45) is 0.909. The van der Waals surface area contributed by atoms with Crippen LogP contribution in [0.4, 0.5) is 0 Å². The second-order valence-corrected chi connectivity index (χ2v) is 8.20. The minimum Gasteiger partial charge on any atom is -0.494 e. The van der Waals surface area contributed by atoms with Crippen molar-refractivity contribution in [1.82, 2.24) is 0 Å². The van der Waals surface area contributed by atoms with Crippen molar-refractivity contribution < 1.29 is 23.7 Å². The summed E-state index contributed by atoms with van der Waals surface area (Å²) in [7, 11) is 0. The Morgan fingerprint density at radius 3 is 2.54 bits per heavy atom. The Bertz CT molecular complexity index is 1300. The van der Waals surface area contributed by atoms with Crippen LogP contribution in [0.25, 0.3) is 0 Å². The largest absolute Gasteiger partial charge is 0.494 e. The third-order valence-electron chi connectivity index (χ3n) is 5.26. The highest BCUT2D eigenvalue weighted by atomic mass is 35.5. The number of nitrogens with two attached hydrogens (primary N) is 1. The first-order valence-electron chi connectivity index (χ1n) is 11.0. The van der Waals surface area contributed by atoms with Gasteiger partial charge in [0.2, 0.25) is 5.88 Å². The van der Waals surface area contributed by atoms with Crippen molar-refractivity contribution in [3.63, 3.8) is 0 Å². The molecule has 0 radical (unpaired) electrons. The molecule has 2 N–H and O–H groups in total. The highest BCUT2D eigenvalue weighted by Crippen LogP contribution is 2.43. The topological polar surface area (TPSA) is 104 Å². The van der Waals surface area contributed by atoms with Crippen molar-refractivity contribution in [2.75, 3.05) is 13.2 Å². The number of hydrogen-bond acceptors (Lipinski definition) is 7. The lowest BCUT2D eigenvalue weighted by molar-refractivity contribution is -0.136. The number of benzene rings is 3. The average molecular weight is 491 g/mol. The molecule has 3 aromatic carbocycles. The highest BCUT2D eigenvalue weighted by molar-refractivity contribution is 6.30. The molecule has 178 valence electrons. The zero-order chi connectivity index (χ0) is 24.8. The number of fused-ring (bicyclic) bond motifs is 1. The standard InChI is InChI=1S/C27H23ClN2O5/c1-2-12-32-19-8-6-17(7-9-19)26-22-11-10-21(14-24(22)35-27(30)23(26)15-29)34-25(31)16-33-20-5-3-4-18(28)13-20/h3-11,13-14,26H,2,12,16,30H2,1H3. The molecule has 4 rings (SSSR count). The minimum absolute atomic E-state index is 0.00377. The van der Waals surface area contributed by atoms with Gasteiger partial charge in [-0.05, 0) is 48.4 Å². The fourth-order valence-electron chi connectivity index (χ4n) is 3.68. The summed E-state index contributed by atoms with van der Waals surface area (Å²) in [4.78, 5) is 12.3. The number of esters is 1. The van der Waals surface area contributed by atoms with Crippen LogP contribution in [-0.4, -0.2) is 19.2 Å². The van der Waals surface area contributed by atoms with Crippen molar-refractivity contribution in [2.24, 2.45) is 5.73 Å². The van der Waals surface area contributed by atoms with Crippen LogP contribution in [0.15, 0.2) is 78.2 Å². The van der Waals surface area contributed by atoms with Crippen LogP contribution >= 0.6 is 11.6 Å². The molecule has 1 aliphatic heterocycles. The highest BCUT2D eigenvalue weighted by Gasteiger charge is 2.31. The van der Waals surface area contributed by atoms with Gasteiger partial charge in [0, 0.05) is 16.7 Å². The van der Waals surface area contributed by atoms with Crippen LogP contribution in [0.5, 0.6) is 23.0 Å². The van der Waals surface area contributed by atoms with Crippen LogP contribution < -0.4 is 24.7 Å². The van der Waals surface area contributed by atoms with Gasteiger partial charge >= 0.3 is 5.97 Å². The zero-order valence-corrected chi connectivity index (χ0v) is 19.7. The van der Waals surface area contributed by atoms with Crippen molar-refractivity contribution in [3.05, 3.63) is 94.3 Å². The van der Waals surface area contributed by atoms with E-state index in [9.17, 15) is 10.1 Å². The molecule has 7 nitrogen and oxygen atoms in total. The van der Waals surface area contributed by atoms with E-state index in [1.807, 2.05) is 31.2 Å². The van der Waals surface area contributed by atoms with Gasteiger partial charge in [0.25, 0.3) is 0 Å². The van der Waals surface area contributed by atoms with E-state index in [1.165, 1.54) is 0 Å². The molecule has 0 saturated heterocycles. The first-order valence-corrected chi connectivity index (χ1v) is 11.4. The molecular weight excluding hydrogens is 468 g/mol. The normalized spacial score (nSPS) is 14.4. The van der Waals surface area contributed by atoms with Crippen molar-refractivity contribution in [1.29, 1.82) is 5.26 Å². The van der Waals surface area contributed by atoms with E-state index in [0.29, 0.717) is 28.7 Å². The number of rotatable bonds is 8. The smallest absolute Gasteiger partial charge is 0.349 e. The lowest BCUT2D eigenvalue weighted by Gasteiger charge is -2.26. The number of carbonyl (C=O) groups excluding carboxylic acids is 1. The van der Waals surface area contributed by atoms with Gasteiger partial charge in [-0.3, -0.25) is 0 Å². The monoisotopic (exact) mass is 490 g/mol. The number of halogens is 1.